The number of aliphatic hydroxyl groups excluding tert-OH is 1. The van der Waals surface area contributed by atoms with Crippen molar-refractivity contribution >= 4 is 15.9 Å². The molecule has 0 spiro atoms. The molecule has 2 unspecified atom stereocenters. The molecule has 3 nitrogen and oxygen atoms in total. The highest BCUT2D eigenvalue weighted by molar-refractivity contribution is 9.10. The van der Waals surface area contributed by atoms with Gasteiger partial charge in [-0.05, 0) is 42.9 Å². The summed E-state index contributed by atoms with van der Waals surface area (Å²) < 4.78 is 6.49. The van der Waals surface area contributed by atoms with Gasteiger partial charge in [0.15, 0.2) is 0 Å². The minimum atomic E-state index is -0.407. The predicted molar refractivity (Wildman–Crippen MR) is 82.6 cm³/mol. The van der Waals surface area contributed by atoms with Crippen LogP contribution in [0.3, 0.4) is 0 Å². The lowest BCUT2D eigenvalue weighted by molar-refractivity contribution is 0.0940. The summed E-state index contributed by atoms with van der Waals surface area (Å²) >= 11 is 3.47. The molecule has 1 saturated carbocycles. The molecule has 0 aromatic heterocycles. The Hall–Kier alpha value is -0.420. The van der Waals surface area contributed by atoms with Crippen molar-refractivity contribution < 1.29 is 9.84 Å². The first-order valence-corrected chi connectivity index (χ1v) is 8.27. The highest BCUT2D eigenvalue weighted by Gasteiger charge is 2.32. The Morgan fingerprint density at radius 3 is 2.85 bits per heavy atom. The third-order valence-electron chi connectivity index (χ3n) is 4.22. The first-order chi connectivity index (χ1) is 9.72. The monoisotopic (exact) mass is 339 g/mol. The molecule has 1 aromatic carbocycles. The maximum absolute atomic E-state index is 10.5. The molecule has 1 aliphatic carbocycles. The molecule has 2 fully saturated rings. The van der Waals surface area contributed by atoms with E-state index in [9.17, 15) is 5.11 Å². The van der Waals surface area contributed by atoms with Gasteiger partial charge in [0.25, 0.3) is 0 Å². The van der Waals surface area contributed by atoms with Crippen LogP contribution in [0.4, 0.5) is 0 Å². The number of aliphatic hydroxyl groups is 1. The zero-order valence-electron chi connectivity index (χ0n) is 11.7. The van der Waals surface area contributed by atoms with E-state index in [0.29, 0.717) is 12.0 Å². The largest absolute Gasteiger partial charge is 0.387 e. The molecule has 2 aliphatic rings. The van der Waals surface area contributed by atoms with Gasteiger partial charge in [-0.1, -0.05) is 28.1 Å². The van der Waals surface area contributed by atoms with E-state index in [1.807, 2.05) is 24.3 Å². The Balaban J connectivity index is 1.60. The van der Waals surface area contributed by atoms with E-state index >= 15 is 0 Å². The van der Waals surface area contributed by atoms with Gasteiger partial charge in [0, 0.05) is 30.2 Å². The van der Waals surface area contributed by atoms with Gasteiger partial charge < -0.3 is 9.84 Å². The van der Waals surface area contributed by atoms with Crippen LogP contribution in [-0.4, -0.2) is 42.4 Å². The SMILES string of the molecule is OC(CN(CC1CCOC1)C1CC1)c1cccc(Br)c1. The summed E-state index contributed by atoms with van der Waals surface area (Å²) in [6.45, 7) is 3.58. The predicted octanol–water partition coefficient (Wildman–Crippen LogP) is 2.98. The van der Waals surface area contributed by atoms with E-state index in [-0.39, 0.29) is 0 Å². The molecule has 110 valence electrons. The van der Waals surface area contributed by atoms with Crippen LogP contribution >= 0.6 is 15.9 Å². The molecule has 2 atom stereocenters. The molecular weight excluding hydrogens is 318 g/mol. The van der Waals surface area contributed by atoms with Crippen LogP contribution in [0, 0.1) is 5.92 Å². The summed E-state index contributed by atoms with van der Waals surface area (Å²) in [6, 6.07) is 8.66. The number of benzene rings is 1. The van der Waals surface area contributed by atoms with Crippen LogP contribution in [0.25, 0.3) is 0 Å². The Labute approximate surface area is 129 Å². The van der Waals surface area contributed by atoms with Crippen molar-refractivity contribution in [2.75, 3.05) is 26.3 Å². The second-order valence-corrected chi connectivity index (χ2v) is 6.90. The van der Waals surface area contributed by atoms with Crippen LogP contribution in [0.2, 0.25) is 0 Å². The first-order valence-electron chi connectivity index (χ1n) is 7.47. The van der Waals surface area contributed by atoms with Crippen molar-refractivity contribution in [2.45, 2.75) is 31.4 Å². The number of halogens is 1. The summed E-state index contributed by atoms with van der Waals surface area (Å²) in [4.78, 5) is 2.46. The highest BCUT2D eigenvalue weighted by Crippen LogP contribution is 2.31. The van der Waals surface area contributed by atoms with Gasteiger partial charge in [-0.25, -0.2) is 0 Å². The Morgan fingerprint density at radius 1 is 1.35 bits per heavy atom. The van der Waals surface area contributed by atoms with Crippen molar-refractivity contribution in [1.82, 2.24) is 4.90 Å². The average Bonchev–Trinajstić information content (AvgIpc) is 3.16. The minimum Gasteiger partial charge on any atom is -0.387 e. The molecule has 1 saturated heterocycles. The van der Waals surface area contributed by atoms with E-state index in [1.165, 1.54) is 12.8 Å². The van der Waals surface area contributed by atoms with Gasteiger partial charge in [-0.15, -0.1) is 0 Å². The zero-order chi connectivity index (χ0) is 13.9. The Kier molecular flexibility index (Phi) is 4.76. The summed E-state index contributed by atoms with van der Waals surface area (Å²) in [5, 5.41) is 10.5. The lowest BCUT2D eigenvalue weighted by Gasteiger charge is -2.27. The molecule has 0 radical (unpaired) electrons. The standard InChI is InChI=1S/C16H22BrNO2/c17-14-3-1-2-13(8-14)16(19)10-18(15-4-5-15)9-12-6-7-20-11-12/h1-3,8,12,15-16,19H,4-7,9-11H2. The number of nitrogens with zero attached hydrogens (tertiary/aromatic N) is 1. The quantitative estimate of drug-likeness (QED) is 0.864. The van der Waals surface area contributed by atoms with Crippen molar-refractivity contribution in [3.8, 4) is 0 Å². The summed E-state index contributed by atoms with van der Waals surface area (Å²) in [7, 11) is 0. The van der Waals surface area contributed by atoms with Gasteiger partial charge in [-0.2, -0.15) is 0 Å². The zero-order valence-corrected chi connectivity index (χ0v) is 13.3. The topological polar surface area (TPSA) is 32.7 Å². The number of hydrogen-bond acceptors (Lipinski definition) is 3. The maximum Gasteiger partial charge on any atom is 0.0917 e. The van der Waals surface area contributed by atoms with E-state index in [2.05, 4.69) is 20.8 Å². The van der Waals surface area contributed by atoms with E-state index < -0.39 is 6.10 Å². The molecule has 1 aliphatic heterocycles. The summed E-state index contributed by atoms with van der Waals surface area (Å²) in [5.41, 5.74) is 0.993. The molecule has 1 heterocycles. The van der Waals surface area contributed by atoms with Crippen LogP contribution in [-0.2, 0) is 4.74 Å². The number of hydrogen-bond donors (Lipinski definition) is 1. The third-order valence-corrected chi connectivity index (χ3v) is 4.71. The molecule has 3 rings (SSSR count). The van der Waals surface area contributed by atoms with Crippen LogP contribution < -0.4 is 0 Å². The molecule has 0 amide bonds. The van der Waals surface area contributed by atoms with Gasteiger partial charge in [0.2, 0.25) is 0 Å². The lowest BCUT2D eigenvalue weighted by Crippen LogP contribution is -2.35. The fourth-order valence-corrected chi connectivity index (χ4v) is 3.33. The molecule has 4 heteroatoms. The fraction of sp³-hybridized carbons (Fsp3) is 0.625. The van der Waals surface area contributed by atoms with Gasteiger partial charge in [0.05, 0.1) is 12.7 Å². The van der Waals surface area contributed by atoms with Gasteiger partial charge >= 0.3 is 0 Å². The second-order valence-electron chi connectivity index (χ2n) is 5.99. The Bertz CT molecular complexity index is 444. The molecule has 1 aromatic rings. The van der Waals surface area contributed by atoms with Crippen LogP contribution in [0.15, 0.2) is 28.7 Å². The first kappa shape index (κ1) is 14.5. The molecule has 0 bridgehead atoms. The van der Waals surface area contributed by atoms with Crippen molar-refractivity contribution in [1.29, 1.82) is 0 Å². The summed E-state index contributed by atoms with van der Waals surface area (Å²) in [6.07, 6.45) is 3.31. The molecular formula is C16H22BrNO2. The van der Waals surface area contributed by atoms with Gasteiger partial charge in [0.1, 0.15) is 0 Å². The van der Waals surface area contributed by atoms with Crippen molar-refractivity contribution in [2.24, 2.45) is 5.92 Å². The normalized spacial score (nSPS) is 24.2. The molecule has 20 heavy (non-hydrogen) atoms. The molecule has 1 N–H and O–H groups in total. The minimum absolute atomic E-state index is 0.407. The smallest absolute Gasteiger partial charge is 0.0917 e. The third kappa shape index (κ3) is 3.82. The van der Waals surface area contributed by atoms with Crippen molar-refractivity contribution in [3.63, 3.8) is 0 Å². The number of rotatable bonds is 6. The lowest BCUT2D eigenvalue weighted by atomic mass is 10.1. The second kappa shape index (κ2) is 6.56. The maximum atomic E-state index is 10.5. The van der Waals surface area contributed by atoms with Crippen LogP contribution in [0.5, 0.6) is 0 Å². The van der Waals surface area contributed by atoms with Crippen LogP contribution in [0.1, 0.15) is 30.9 Å². The van der Waals surface area contributed by atoms with Gasteiger partial charge in [-0.3, -0.25) is 4.90 Å². The number of ether oxygens (including phenoxy) is 1. The highest BCUT2D eigenvalue weighted by atomic mass is 79.9. The van der Waals surface area contributed by atoms with E-state index in [4.69, 9.17) is 4.74 Å². The Morgan fingerprint density at radius 2 is 2.20 bits per heavy atom. The average molecular weight is 340 g/mol. The fourth-order valence-electron chi connectivity index (χ4n) is 2.91. The van der Waals surface area contributed by atoms with E-state index in [0.717, 1.165) is 42.8 Å². The van der Waals surface area contributed by atoms with Crippen molar-refractivity contribution in [3.05, 3.63) is 34.3 Å². The van der Waals surface area contributed by atoms with E-state index in [1.54, 1.807) is 0 Å². The summed E-state index contributed by atoms with van der Waals surface area (Å²) in [5.74, 6) is 0.644.